The van der Waals surface area contributed by atoms with Crippen molar-refractivity contribution < 1.29 is 4.74 Å². The van der Waals surface area contributed by atoms with Crippen LogP contribution in [0.4, 0.5) is 5.69 Å². The molecule has 4 heteroatoms. The second-order valence-corrected chi connectivity index (χ2v) is 5.35. The average molecular weight is 362 g/mol. The third-order valence-electron chi connectivity index (χ3n) is 2.80. The molecule has 0 atom stereocenters. The normalized spacial score (nSPS) is 10.6. The lowest BCUT2D eigenvalue weighted by molar-refractivity contribution is 0.488. The molecule has 1 aromatic heterocycles. The van der Waals surface area contributed by atoms with Crippen LogP contribution < -0.4 is 10.5 Å². The minimum Gasteiger partial charge on any atom is -0.457 e. The fourth-order valence-corrected chi connectivity index (χ4v) is 2.25. The topological polar surface area (TPSA) is 48.1 Å². The van der Waals surface area contributed by atoms with Gasteiger partial charge in [0.1, 0.15) is 11.5 Å². The minimum absolute atomic E-state index is 0.658. The van der Waals surface area contributed by atoms with Crippen molar-refractivity contribution in [2.75, 3.05) is 5.73 Å². The molecule has 0 unspecified atom stereocenters. The first-order valence-electron chi connectivity index (χ1n) is 5.81. The third-order valence-corrected chi connectivity index (χ3v) is 3.52. The van der Waals surface area contributed by atoms with Crippen molar-refractivity contribution >= 4 is 39.2 Å². The molecule has 0 radical (unpaired) electrons. The molecule has 3 rings (SSSR count). The number of aromatic nitrogens is 1. The maximum Gasteiger partial charge on any atom is 0.136 e. The van der Waals surface area contributed by atoms with Gasteiger partial charge in [0.15, 0.2) is 0 Å². The summed E-state index contributed by atoms with van der Waals surface area (Å²) < 4.78 is 7.08. The number of rotatable bonds is 2. The molecule has 0 aliphatic heterocycles. The summed E-state index contributed by atoms with van der Waals surface area (Å²) in [5.74, 6) is 1.56. The van der Waals surface area contributed by atoms with Gasteiger partial charge >= 0.3 is 0 Å². The Morgan fingerprint density at radius 2 is 1.79 bits per heavy atom. The van der Waals surface area contributed by atoms with Crippen molar-refractivity contribution in [2.45, 2.75) is 0 Å². The zero-order valence-electron chi connectivity index (χ0n) is 10.0. The molecular weight excluding hydrogens is 351 g/mol. The summed E-state index contributed by atoms with van der Waals surface area (Å²) in [7, 11) is 0. The van der Waals surface area contributed by atoms with Crippen LogP contribution in [0.5, 0.6) is 11.5 Å². The van der Waals surface area contributed by atoms with Crippen molar-refractivity contribution in [3.05, 3.63) is 58.3 Å². The van der Waals surface area contributed by atoms with Gasteiger partial charge in [0.25, 0.3) is 0 Å². The minimum atomic E-state index is 0.658. The van der Waals surface area contributed by atoms with E-state index in [2.05, 4.69) is 27.6 Å². The zero-order valence-corrected chi connectivity index (χ0v) is 12.2. The van der Waals surface area contributed by atoms with Crippen LogP contribution in [0.2, 0.25) is 0 Å². The molecule has 2 N–H and O–H groups in total. The summed E-state index contributed by atoms with van der Waals surface area (Å²) in [6.45, 7) is 0. The van der Waals surface area contributed by atoms with E-state index in [0.29, 0.717) is 5.69 Å². The Bertz CT molecular complexity index is 726. The number of nitrogen functional groups attached to an aromatic ring is 1. The van der Waals surface area contributed by atoms with Crippen molar-refractivity contribution in [3.63, 3.8) is 0 Å². The summed E-state index contributed by atoms with van der Waals surface area (Å²) >= 11 is 2.26. The number of ether oxygens (including phenoxy) is 1. The monoisotopic (exact) mass is 362 g/mol. The smallest absolute Gasteiger partial charge is 0.136 e. The Balaban J connectivity index is 2.06. The van der Waals surface area contributed by atoms with Gasteiger partial charge in [0, 0.05) is 15.2 Å². The number of hydrogen-bond donors (Lipinski definition) is 1. The number of nitrogens with zero attached hydrogens (tertiary/aromatic N) is 1. The van der Waals surface area contributed by atoms with E-state index in [1.54, 1.807) is 6.20 Å². The first-order chi connectivity index (χ1) is 9.24. The quantitative estimate of drug-likeness (QED) is 0.549. The number of pyridine rings is 1. The first-order valence-corrected chi connectivity index (χ1v) is 6.88. The molecular formula is C15H11IN2O. The third kappa shape index (κ3) is 2.49. The SMILES string of the molecule is Nc1ccc(Oc2ccc(I)cc2)c2cccnc12. The van der Waals surface area contributed by atoms with Crippen LogP contribution in [0.25, 0.3) is 10.9 Å². The van der Waals surface area contributed by atoms with Gasteiger partial charge in [-0.25, -0.2) is 0 Å². The van der Waals surface area contributed by atoms with Crippen molar-refractivity contribution in [2.24, 2.45) is 0 Å². The summed E-state index contributed by atoms with van der Waals surface area (Å²) in [5, 5.41) is 0.918. The van der Waals surface area contributed by atoms with E-state index in [4.69, 9.17) is 10.5 Å². The Hall–Kier alpha value is -1.82. The van der Waals surface area contributed by atoms with Crippen molar-refractivity contribution in [3.8, 4) is 11.5 Å². The Kier molecular flexibility index (Phi) is 3.25. The molecule has 1 heterocycles. The lowest BCUT2D eigenvalue weighted by Crippen LogP contribution is -1.92. The van der Waals surface area contributed by atoms with Gasteiger partial charge in [-0.15, -0.1) is 0 Å². The predicted octanol–water partition coefficient (Wildman–Crippen LogP) is 4.21. The van der Waals surface area contributed by atoms with Crippen LogP contribution in [0, 0.1) is 3.57 Å². The number of anilines is 1. The van der Waals surface area contributed by atoms with Crippen LogP contribution in [-0.4, -0.2) is 4.98 Å². The first kappa shape index (κ1) is 12.2. The summed E-state index contributed by atoms with van der Waals surface area (Å²) in [4.78, 5) is 4.29. The lowest BCUT2D eigenvalue weighted by Gasteiger charge is -2.09. The van der Waals surface area contributed by atoms with Gasteiger partial charge in [0.05, 0.1) is 11.2 Å². The molecule has 94 valence electrons. The molecule has 0 saturated carbocycles. The summed E-state index contributed by atoms with van der Waals surface area (Å²) in [6, 6.07) is 15.4. The Labute approximate surface area is 124 Å². The molecule has 0 aliphatic rings. The molecule has 2 aromatic carbocycles. The fraction of sp³-hybridized carbons (Fsp3) is 0. The van der Waals surface area contributed by atoms with E-state index >= 15 is 0 Å². The maximum atomic E-state index is 5.92. The van der Waals surface area contributed by atoms with Gasteiger partial charge in [-0.2, -0.15) is 0 Å². The fourth-order valence-electron chi connectivity index (χ4n) is 1.89. The number of fused-ring (bicyclic) bond motifs is 1. The van der Waals surface area contributed by atoms with E-state index < -0.39 is 0 Å². The van der Waals surface area contributed by atoms with Crippen molar-refractivity contribution in [1.82, 2.24) is 4.98 Å². The van der Waals surface area contributed by atoms with E-state index in [1.807, 2.05) is 48.5 Å². The molecule has 19 heavy (non-hydrogen) atoms. The molecule has 0 saturated heterocycles. The molecule has 3 aromatic rings. The highest BCUT2D eigenvalue weighted by atomic mass is 127. The van der Waals surface area contributed by atoms with Gasteiger partial charge in [0.2, 0.25) is 0 Å². The van der Waals surface area contributed by atoms with Crippen LogP contribution in [-0.2, 0) is 0 Å². The van der Waals surface area contributed by atoms with Gasteiger partial charge in [-0.3, -0.25) is 4.98 Å². The van der Waals surface area contributed by atoms with Crippen LogP contribution in [0.3, 0.4) is 0 Å². The number of nitrogens with two attached hydrogens (primary N) is 1. The Morgan fingerprint density at radius 3 is 2.58 bits per heavy atom. The summed E-state index contributed by atoms with van der Waals surface area (Å²) in [5.41, 5.74) is 7.35. The van der Waals surface area contributed by atoms with Crippen molar-refractivity contribution in [1.29, 1.82) is 0 Å². The molecule has 0 spiro atoms. The maximum absolute atomic E-state index is 5.92. The number of halogens is 1. The highest BCUT2D eigenvalue weighted by Gasteiger charge is 2.06. The predicted molar refractivity (Wildman–Crippen MR) is 85.4 cm³/mol. The van der Waals surface area contributed by atoms with E-state index in [0.717, 1.165) is 22.4 Å². The standard InChI is InChI=1S/C15H11IN2O/c16-10-3-5-11(6-4-10)19-14-8-7-13(17)15-12(14)2-1-9-18-15/h1-9H,17H2. The highest BCUT2D eigenvalue weighted by Crippen LogP contribution is 2.31. The molecule has 3 nitrogen and oxygen atoms in total. The largest absolute Gasteiger partial charge is 0.457 e. The number of hydrogen-bond acceptors (Lipinski definition) is 3. The highest BCUT2D eigenvalue weighted by molar-refractivity contribution is 14.1. The van der Waals surface area contributed by atoms with Gasteiger partial charge in [-0.1, -0.05) is 0 Å². The molecule has 0 bridgehead atoms. The molecule has 0 amide bonds. The van der Waals surface area contributed by atoms with Crippen LogP contribution in [0.15, 0.2) is 54.7 Å². The molecule has 0 aliphatic carbocycles. The van der Waals surface area contributed by atoms with E-state index in [1.165, 1.54) is 3.57 Å². The molecule has 0 fully saturated rings. The van der Waals surface area contributed by atoms with E-state index in [-0.39, 0.29) is 0 Å². The zero-order chi connectivity index (χ0) is 13.2. The number of benzene rings is 2. The van der Waals surface area contributed by atoms with Gasteiger partial charge < -0.3 is 10.5 Å². The van der Waals surface area contributed by atoms with Crippen LogP contribution >= 0.6 is 22.6 Å². The second kappa shape index (κ2) is 5.05. The second-order valence-electron chi connectivity index (χ2n) is 4.11. The summed E-state index contributed by atoms with van der Waals surface area (Å²) in [6.07, 6.45) is 1.73. The lowest BCUT2D eigenvalue weighted by atomic mass is 10.1. The van der Waals surface area contributed by atoms with E-state index in [9.17, 15) is 0 Å². The van der Waals surface area contributed by atoms with Crippen LogP contribution in [0.1, 0.15) is 0 Å². The Morgan fingerprint density at radius 1 is 1.00 bits per heavy atom. The van der Waals surface area contributed by atoms with Gasteiger partial charge in [-0.05, 0) is 71.1 Å². The average Bonchev–Trinajstić information content (AvgIpc) is 2.45.